The zero-order valence-corrected chi connectivity index (χ0v) is 14.8. The Bertz CT molecular complexity index is 880. The van der Waals surface area contributed by atoms with Gasteiger partial charge in [-0.2, -0.15) is 0 Å². The van der Waals surface area contributed by atoms with E-state index in [9.17, 15) is 4.79 Å². The normalized spacial score (nSPS) is 10.7. The van der Waals surface area contributed by atoms with E-state index < -0.39 is 0 Å². The lowest BCUT2D eigenvalue weighted by Crippen LogP contribution is -2.22. The Hall–Kier alpha value is -2.92. The summed E-state index contributed by atoms with van der Waals surface area (Å²) in [5.74, 6) is 0.687. The van der Waals surface area contributed by atoms with Crippen LogP contribution in [0.15, 0.2) is 60.8 Å². The first-order valence-electron chi connectivity index (χ1n) is 8.60. The number of rotatable bonds is 8. The third-order valence-electron chi connectivity index (χ3n) is 3.98. The van der Waals surface area contributed by atoms with Crippen LogP contribution < -0.4 is 10.1 Å². The van der Waals surface area contributed by atoms with Crippen molar-refractivity contribution >= 4 is 16.8 Å². The summed E-state index contributed by atoms with van der Waals surface area (Å²) in [5, 5.41) is 3.90. The maximum Gasteiger partial charge on any atom is 0.251 e. The van der Waals surface area contributed by atoms with Gasteiger partial charge >= 0.3 is 0 Å². The van der Waals surface area contributed by atoms with Gasteiger partial charge in [0, 0.05) is 43.8 Å². The summed E-state index contributed by atoms with van der Waals surface area (Å²) in [6.07, 6.45) is 2.58. The number of hydrogen-bond donors (Lipinski definition) is 1. The predicted octanol–water partition coefficient (Wildman–Crippen LogP) is 3.58. The largest absolute Gasteiger partial charge is 0.493 e. The highest BCUT2D eigenvalue weighted by molar-refractivity contribution is 5.97. The molecule has 0 saturated heterocycles. The van der Waals surface area contributed by atoms with Crippen LogP contribution in [0.25, 0.3) is 10.9 Å². The molecule has 1 heterocycles. The van der Waals surface area contributed by atoms with E-state index >= 15 is 0 Å². The molecule has 134 valence electrons. The number of carbonyl (C=O) groups is 1. The number of carbonyl (C=O) groups excluding carboxylic acids is 1. The molecular weight excluding hydrogens is 328 g/mol. The van der Waals surface area contributed by atoms with Crippen molar-refractivity contribution in [2.75, 3.05) is 20.3 Å². The molecule has 0 atom stereocenters. The summed E-state index contributed by atoms with van der Waals surface area (Å²) in [5.41, 5.74) is 2.49. The molecule has 0 bridgehead atoms. The second kappa shape index (κ2) is 8.97. The Labute approximate surface area is 153 Å². The second-order valence-corrected chi connectivity index (χ2v) is 5.94. The van der Waals surface area contributed by atoms with Crippen LogP contribution in [-0.2, 0) is 11.3 Å². The van der Waals surface area contributed by atoms with Gasteiger partial charge in [-0.25, -0.2) is 0 Å². The molecule has 1 amide bonds. The average Bonchev–Trinajstić information content (AvgIpc) is 2.69. The highest BCUT2D eigenvalue weighted by atomic mass is 16.5. The monoisotopic (exact) mass is 350 g/mol. The molecule has 0 unspecified atom stereocenters. The fourth-order valence-electron chi connectivity index (χ4n) is 2.64. The number of nitrogens with one attached hydrogen (secondary N) is 1. The molecule has 0 fully saturated rings. The van der Waals surface area contributed by atoms with E-state index in [-0.39, 0.29) is 5.91 Å². The van der Waals surface area contributed by atoms with Crippen LogP contribution >= 0.6 is 0 Å². The fraction of sp³-hybridized carbons (Fsp3) is 0.238. The van der Waals surface area contributed by atoms with Crippen molar-refractivity contribution in [3.63, 3.8) is 0 Å². The zero-order valence-electron chi connectivity index (χ0n) is 14.8. The van der Waals surface area contributed by atoms with Crippen molar-refractivity contribution in [2.45, 2.75) is 13.0 Å². The van der Waals surface area contributed by atoms with E-state index in [4.69, 9.17) is 9.47 Å². The molecule has 2 aromatic carbocycles. The maximum absolute atomic E-state index is 12.4. The predicted molar refractivity (Wildman–Crippen MR) is 101 cm³/mol. The van der Waals surface area contributed by atoms with Gasteiger partial charge in [0.1, 0.15) is 5.75 Å². The number of aromatic nitrogens is 1. The zero-order chi connectivity index (χ0) is 18.2. The van der Waals surface area contributed by atoms with Crippen molar-refractivity contribution < 1.29 is 14.3 Å². The number of fused-ring (bicyclic) bond motifs is 1. The van der Waals surface area contributed by atoms with Gasteiger partial charge in [0.05, 0.1) is 12.1 Å². The summed E-state index contributed by atoms with van der Waals surface area (Å²) in [6, 6.07) is 17.1. The molecule has 1 N–H and O–H groups in total. The van der Waals surface area contributed by atoms with E-state index in [0.29, 0.717) is 25.3 Å². The summed E-state index contributed by atoms with van der Waals surface area (Å²) in [4.78, 5) is 16.7. The topological polar surface area (TPSA) is 60.5 Å². The number of hydrogen-bond acceptors (Lipinski definition) is 4. The molecule has 3 rings (SSSR count). The maximum atomic E-state index is 12.4. The molecule has 0 spiro atoms. The molecule has 3 aromatic rings. The fourth-order valence-corrected chi connectivity index (χ4v) is 2.64. The van der Waals surface area contributed by atoms with E-state index in [1.807, 2.05) is 48.5 Å². The van der Waals surface area contributed by atoms with Gasteiger partial charge in [-0.15, -0.1) is 0 Å². The third-order valence-corrected chi connectivity index (χ3v) is 3.98. The first kappa shape index (κ1) is 17.9. The van der Waals surface area contributed by atoms with Crippen molar-refractivity contribution in [3.05, 3.63) is 71.9 Å². The van der Waals surface area contributed by atoms with Gasteiger partial charge in [-0.3, -0.25) is 9.78 Å². The molecule has 0 aliphatic rings. The highest BCUT2D eigenvalue weighted by Gasteiger charge is 2.07. The summed E-state index contributed by atoms with van der Waals surface area (Å²) < 4.78 is 10.7. The molecule has 0 radical (unpaired) electrons. The second-order valence-electron chi connectivity index (χ2n) is 5.94. The molecular formula is C21H22N2O3. The first-order chi connectivity index (χ1) is 12.8. The number of ether oxygens (including phenoxy) is 2. The van der Waals surface area contributed by atoms with Crippen molar-refractivity contribution in [3.8, 4) is 5.75 Å². The van der Waals surface area contributed by atoms with E-state index in [2.05, 4.69) is 10.3 Å². The number of nitrogens with zero attached hydrogens (tertiary/aromatic N) is 1. The van der Waals surface area contributed by atoms with Crippen molar-refractivity contribution in [1.29, 1.82) is 0 Å². The molecule has 1 aromatic heterocycles. The summed E-state index contributed by atoms with van der Waals surface area (Å²) >= 11 is 0. The van der Waals surface area contributed by atoms with Gasteiger partial charge in [0.25, 0.3) is 5.91 Å². The van der Waals surface area contributed by atoms with Crippen molar-refractivity contribution in [1.82, 2.24) is 10.3 Å². The highest BCUT2D eigenvalue weighted by Crippen LogP contribution is 2.15. The quantitative estimate of drug-likeness (QED) is 0.631. The summed E-state index contributed by atoms with van der Waals surface area (Å²) in [6.45, 7) is 1.73. The Kier molecular flexibility index (Phi) is 6.17. The van der Waals surface area contributed by atoms with Gasteiger partial charge in [-0.1, -0.05) is 18.2 Å². The Balaban J connectivity index is 1.58. The molecule has 0 aliphatic carbocycles. The summed E-state index contributed by atoms with van der Waals surface area (Å²) in [7, 11) is 1.68. The number of amides is 1. The van der Waals surface area contributed by atoms with Gasteiger partial charge in [0.2, 0.25) is 0 Å². The lowest BCUT2D eigenvalue weighted by molar-refractivity contribution is 0.0951. The Morgan fingerprint density at radius 2 is 2.00 bits per heavy atom. The minimum atomic E-state index is -0.109. The van der Waals surface area contributed by atoms with E-state index in [1.165, 1.54) is 0 Å². The number of benzene rings is 2. The van der Waals surface area contributed by atoms with Crippen LogP contribution in [0.1, 0.15) is 22.3 Å². The minimum Gasteiger partial charge on any atom is -0.493 e. The van der Waals surface area contributed by atoms with Crippen LogP contribution in [0.4, 0.5) is 0 Å². The van der Waals surface area contributed by atoms with Crippen LogP contribution in [0.5, 0.6) is 5.75 Å². The lowest BCUT2D eigenvalue weighted by Gasteiger charge is -2.09. The third kappa shape index (κ3) is 4.80. The Morgan fingerprint density at radius 1 is 1.08 bits per heavy atom. The van der Waals surface area contributed by atoms with Gasteiger partial charge in [0.15, 0.2) is 0 Å². The molecule has 0 aliphatic heterocycles. The van der Waals surface area contributed by atoms with E-state index in [1.54, 1.807) is 19.4 Å². The Morgan fingerprint density at radius 3 is 2.88 bits per heavy atom. The smallest absolute Gasteiger partial charge is 0.251 e. The number of methoxy groups -OCH3 is 1. The average molecular weight is 350 g/mol. The van der Waals surface area contributed by atoms with Crippen LogP contribution in [0, 0.1) is 0 Å². The van der Waals surface area contributed by atoms with Gasteiger partial charge in [-0.05, 0) is 42.0 Å². The van der Waals surface area contributed by atoms with Crippen molar-refractivity contribution in [2.24, 2.45) is 0 Å². The SMILES string of the molecule is COCCCOc1cccc(CNC(=O)c2ccc3ncccc3c2)c1. The van der Waals surface area contributed by atoms with Crippen LogP contribution in [-0.4, -0.2) is 31.2 Å². The molecule has 0 saturated carbocycles. The minimum absolute atomic E-state index is 0.109. The number of pyridine rings is 1. The molecule has 26 heavy (non-hydrogen) atoms. The first-order valence-corrected chi connectivity index (χ1v) is 8.60. The van der Waals surface area contributed by atoms with E-state index in [0.717, 1.165) is 28.6 Å². The lowest BCUT2D eigenvalue weighted by atomic mass is 10.1. The molecule has 5 heteroatoms. The van der Waals surface area contributed by atoms with Crippen LogP contribution in [0.3, 0.4) is 0 Å². The van der Waals surface area contributed by atoms with Gasteiger partial charge < -0.3 is 14.8 Å². The standard InChI is InChI=1S/C21H22N2O3/c1-25-11-4-12-26-19-7-2-5-16(13-19)15-23-21(24)18-8-9-20-17(14-18)6-3-10-22-20/h2-3,5-10,13-14H,4,11-12,15H2,1H3,(H,23,24). The van der Waals surface area contributed by atoms with Crippen LogP contribution in [0.2, 0.25) is 0 Å². The molecule has 5 nitrogen and oxygen atoms in total.